The molecular formula is C13H18O5. The minimum Gasteiger partial charge on any atom is -0.493 e. The number of aliphatic hydroxyl groups is 1. The summed E-state index contributed by atoms with van der Waals surface area (Å²) in [5.74, 6) is 0.644. The van der Waals surface area contributed by atoms with Crippen LogP contribution in [0.3, 0.4) is 0 Å². The Bertz CT molecular complexity index is 389. The number of unbranched alkanes of at least 4 members (excludes halogenated alkanes) is 1. The molecule has 1 N–H and O–H groups in total. The molecule has 5 heteroatoms. The molecule has 0 aliphatic carbocycles. The molecule has 0 aliphatic rings. The zero-order chi connectivity index (χ0) is 13.4. The van der Waals surface area contributed by atoms with E-state index in [-0.39, 0.29) is 6.61 Å². The van der Waals surface area contributed by atoms with Gasteiger partial charge < -0.3 is 19.3 Å². The first kappa shape index (κ1) is 14.3. The number of hydrogen-bond donors (Lipinski definition) is 1. The van der Waals surface area contributed by atoms with Gasteiger partial charge in [-0.25, -0.2) is 4.79 Å². The van der Waals surface area contributed by atoms with Gasteiger partial charge in [-0.2, -0.15) is 0 Å². The van der Waals surface area contributed by atoms with Gasteiger partial charge in [0.1, 0.15) is 0 Å². The van der Waals surface area contributed by atoms with Crippen molar-refractivity contribution in [1.29, 1.82) is 0 Å². The van der Waals surface area contributed by atoms with Gasteiger partial charge in [0.2, 0.25) is 0 Å². The predicted molar refractivity (Wildman–Crippen MR) is 66.1 cm³/mol. The molecule has 18 heavy (non-hydrogen) atoms. The molecule has 0 heterocycles. The van der Waals surface area contributed by atoms with Gasteiger partial charge >= 0.3 is 5.97 Å². The number of ether oxygens (including phenoxy) is 3. The highest BCUT2D eigenvalue weighted by atomic mass is 16.5. The average molecular weight is 254 g/mol. The predicted octanol–water partition coefficient (Wildman–Crippen LogP) is 1.63. The fraction of sp³-hybridized carbons (Fsp3) is 0.462. The van der Waals surface area contributed by atoms with Gasteiger partial charge in [0.05, 0.1) is 26.4 Å². The van der Waals surface area contributed by atoms with E-state index in [0.717, 1.165) is 0 Å². The number of rotatable bonds is 7. The van der Waals surface area contributed by atoms with E-state index in [1.807, 2.05) is 0 Å². The molecule has 0 saturated heterocycles. The Morgan fingerprint density at radius 3 is 2.50 bits per heavy atom. The molecule has 5 nitrogen and oxygen atoms in total. The first-order chi connectivity index (χ1) is 8.72. The molecule has 0 bridgehead atoms. The van der Waals surface area contributed by atoms with Crippen molar-refractivity contribution in [1.82, 2.24) is 0 Å². The molecule has 0 aliphatic heterocycles. The third-order valence-electron chi connectivity index (χ3n) is 2.40. The molecule has 0 atom stereocenters. The number of esters is 1. The highest BCUT2D eigenvalue weighted by Crippen LogP contribution is 2.27. The fourth-order valence-electron chi connectivity index (χ4n) is 1.43. The number of hydrogen-bond acceptors (Lipinski definition) is 5. The monoisotopic (exact) mass is 254 g/mol. The summed E-state index contributed by atoms with van der Waals surface area (Å²) in [5.41, 5.74) is 0.414. The fourth-order valence-corrected chi connectivity index (χ4v) is 1.43. The molecule has 0 radical (unpaired) electrons. The Morgan fingerprint density at radius 1 is 1.17 bits per heavy atom. The highest BCUT2D eigenvalue weighted by molar-refractivity contribution is 5.90. The summed E-state index contributed by atoms with van der Waals surface area (Å²) in [4.78, 5) is 11.7. The lowest BCUT2D eigenvalue weighted by Crippen LogP contribution is -2.07. The van der Waals surface area contributed by atoms with Crippen molar-refractivity contribution in [2.75, 3.05) is 27.4 Å². The first-order valence-electron chi connectivity index (χ1n) is 5.73. The van der Waals surface area contributed by atoms with Crippen LogP contribution >= 0.6 is 0 Å². The lowest BCUT2D eigenvalue weighted by atomic mass is 10.2. The van der Waals surface area contributed by atoms with Gasteiger partial charge in [0.25, 0.3) is 0 Å². The Labute approximate surface area is 106 Å². The van der Waals surface area contributed by atoms with Crippen molar-refractivity contribution in [3.8, 4) is 11.5 Å². The summed E-state index contributed by atoms with van der Waals surface area (Å²) in [6.45, 7) is 0.404. The zero-order valence-corrected chi connectivity index (χ0v) is 10.6. The molecule has 100 valence electrons. The maximum Gasteiger partial charge on any atom is 0.338 e. The van der Waals surface area contributed by atoms with Crippen molar-refractivity contribution >= 4 is 5.97 Å². The topological polar surface area (TPSA) is 65.0 Å². The van der Waals surface area contributed by atoms with Crippen molar-refractivity contribution in [3.63, 3.8) is 0 Å². The van der Waals surface area contributed by atoms with Crippen LogP contribution in [0.15, 0.2) is 18.2 Å². The summed E-state index contributed by atoms with van der Waals surface area (Å²) < 4.78 is 15.2. The third-order valence-corrected chi connectivity index (χ3v) is 2.40. The molecule has 0 fully saturated rings. The smallest absolute Gasteiger partial charge is 0.338 e. The van der Waals surface area contributed by atoms with Gasteiger partial charge in [-0.1, -0.05) is 0 Å². The normalized spacial score (nSPS) is 9.94. The number of benzene rings is 1. The van der Waals surface area contributed by atoms with Gasteiger partial charge in [0.15, 0.2) is 11.5 Å². The van der Waals surface area contributed by atoms with Crippen molar-refractivity contribution < 1.29 is 24.1 Å². The minimum absolute atomic E-state index is 0.105. The van der Waals surface area contributed by atoms with Crippen LogP contribution in [0.4, 0.5) is 0 Å². The van der Waals surface area contributed by atoms with E-state index >= 15 is 0 Å². The first-order valence-corrected chi connectivity index (χ1v) is 5.73. The lowest BCUT2D eigenvalue weighted by Gasteiger charge is -2.09. The zero-order valence-electron chi connectivity index (χ0n) is 10.6. The van der Waals surface area contributed by atoms with Gasteiger partial charge in [-0.3, -0.25) is 0 Å². The largest absolute Gasteiger partial charge is 0.493 e. The summed E-state index contributed by atoms with van der Waals surface area (Å²) in [6, 6.07) is 4.85. The lowest BCUT2D eigenvalue weighted by molar-refractivity contribution is 0.0492. The van der Waals surface area contributed by atoms with Crippen molar-refractivity contribution in [2.45, 2.75) is 12.8 Å². The Balaban J connectivity index is 2.62. The second-order valence-electron chi connectivity index (χ2n) is 3.64. The van der Waals surface area contributed by atoms with Gasteiger partial charge in [0, 0.05) is 6.61 Å². The van der Waals surface area contributed by atoms with Crippen LogP contribution in [0, 0.1) is 0 Å². The Morgan fingerprint density at radius 2 is 1.89 bits per heavy atom. The number of carbonyl (C=O) groups is 1. The van der Waals surface area contributed by atoms with Crippen molar-refractivity contribution in [2.24, 2.45) is 0 Å². The Kier molecular flexibility index (Phi) is 6.00. The second kappa shape index (κ2) is 7.55. The van der Waals surface area contributed by atoms with Crippen molar-refractivity contribution in [3.05, 3.63) is 23.8 Å². The van der Waals surface area contributed by atoms with Crippen LogP contribution in [0.2, 0.25) is 0 Å². The highest BCUT2D eigenvalue weighted by Gasteiger charge is 2.11. The quantitative estimate of drug-likeness (QED) is 0.592. The maximum atomic E-state index is 11.7. The number of aliphatic hydroxyl groups excluding tert-OH is 1. The van der Waals surface area contributed by atoms with E-state index in [0.29, 0.717) is 36.5 Å². The molecule has 0 unspecified atom stereocenters. The van der Waals surface area contributed by atoms with Crippen LogP contribution in [0.5, 0.6) is 11.5 Å². The second-order valence-corrected chi connectivity index (χ2v) is 3.64. The molecule has 0 aromatic heterocycles. The molecule has 0 saturated carbocycles. The summed E-state index contributed by atoms with van der Waals surface area (Å²) >= 11 is 0. The summed E-state index contributed by atoms with van der Waals surface area (Å²) in [6.07, 6.45) is 1.27. The molecule has 1 rings (SSSR count). The standard InChI is InChI=1S/C13H18O5/c1-16-11-6-5-10(9-12(11)17-2)13(15)18-8-4-3-7-14/h5-6,9,14H,3-4,7-8H2,1-2H3. The minimum atomic E-state index is -0.408. The van der Waals surface area contributed by atoms with E-state index in [9.17, 15) is 4.79 Å². The van der Waals surface area contributed by atoms with E-state index < -0.39 is 5.97 Å². The maximum absolute atomic E-state index is 11.7. The number of carbonyl (C=O) groups excluding carboxylic acids is 1. The van der Waals surface area contributed by atoms with Crippen LogP contribution < -0.4 is 9.47 Å². The van der Waals surface area contributed by atoms with E-state index in [2.05, 4.69) is 0 Å². The van der Waals surface area contributed by atoms with Crippen LogP contribution in [-0.2, 0) is 4.74 Å². The molecule has 0 spiro atoms. The van der Waals surface area contributed by atoms with Crippen LogP contribution in [-0.4, -0.2) is 38.5 Å². The van der Waals surface area contributed by atoms with E-state index in [4.69, 9.17) is 19.3 Å². The third kappa shape index (κ3) is 3.92. The molecule has 1 aromatic rings. The molecular weight excluding hydrogens is 236 g/mol. The van der Waals surface area contributed by atoms with Gasteiger partial charge in [-0.05, 0) is 31.0 Å². The van der Waals surface area contributed by atoms with E-state index in [1.165, 1.54) is 14.2 Å². The SMILES string of the molecule is COc1ccc(C(=O)OCCCCO)cc1OC. The van der Waals surface area contributed by atoms with Gasteiger partial charge in [-0.15, -0.1) is 0 Å². The molecule has 0 amide bonds. The molecule has 1 aromatic carbocycles. The number of methoxy groups -OCH3 is 2. The van der Waals surface area contributed by atoms with Crippen LogP contribution in [0.1, 0.15) is 23.2 Å². The summed E-state index contributed by atoms with van der Waals surface area (Å²) in [5, 5.41) is 8.60. The Hall–Kier alpha value is -1.75. The average Bonchev–Trinajstić information content (AvgIpc) is 2.42. The summed E-state index contributed by atoms with van der Waals surface area (Å²) in [7, 11) is 3.04. The van der Waals surface area contributed by atoms with Crippen LogP contribution in [0.25, 0.3) is 0 Å². The van der Waals surface area contributed by atoms with E-state index in [1.54, 1.807) is 18.2 Å².